The first-order valence-corrected chi connectivity index (χ1v) is 11.2. The molecule has 0 unspecified atom stereocenters. The lowest BCUT2D eigenvalue weighted by atomic mass is 10.1. The number of nitrogens with zero attached hydrogens (tertiary/aromatic N) is 1. The molecule has 168 valence electrons. The van der Waals surface area contributed by atoms with Gasteiger partial charge in [-0.05, 0) is 81.6 Å². The van der Waals surface area contributed by atoms with Gasteiger partial charge in [-0.15, -0.1) is 0 Å². The Hall–Kier alpha value is -3.73. The molecule has 0 atom stereocenters. The van der Waals surface area contributed by atoms with Gasteiger partial charge in [-0.3, -0.25) is 0 Å². The minimum absolute atomic E-state index is 0.243. The normalized spacial score (nSPS) is 13.1. The van der Waals surface area contributed by atoms with Gasteiger partial charge in [0.2, 0.25) is 6.79 Å². The van der Waals surface area contributed by atoms with E-state index in [1.54, 1.807) is 0 Å². The number of benzene rings is 2. The highest BCUT2D eigenvalue weighted by atomic mass is 16.7. The molecule has 3 aromatic carbocycles. The van der Waals surface area contributed by atoms with Crippen LogP contribution >= 0.6 is 0 Å². The van der Waals surface area contributed by atoms with Crippen LogP contribution in [-0.4, -0.2) is 13.4 Å². The summed E-state index contributed by atoms with van der Waals surface area (Å²) in [5, 5.41) is 2.75. The Morgan fingerprint density at radius 1 is 0.818 bits per heavy atom. The van der Waals surface area contributed by atoms with Gasteiger partial charge in [0.25, 0.3) is 0 Å². The van der Waals surface area contributed by atoms with E-state index in [0.717, 1.165) is 67.3 Å². The number of ether oxygens (including phenoxy) is 3. The smallest absolute Gasteiger partial charge is 0.231 e. The van der Waals surface area contributed by atoms with Crippen LogP contribution in [0.15, 0.2) is 57.9 Å². The molecule has 1 aliphatic rings. The quantitative estimate of drug-likeness (QED) is 0.354. The Morgan fingerprint density at radius 2 is 1.61 bits per heavy atom. The van der Waals surface area contributed by atoms with Gasteiger partial charge in [-0.2, -0.15) is 0 Å². The van der Waals surface area contributed by atoms with E-state index < -0.39 is 0 Å². The summed E-state index contributed by atoms with van der Waals surface area (Å²) >= 11 is 0. The first kappa shape index (κ1) is 21.1. The predicted octanol–water partition coefficient (Wildman–Crippen LogP) is 6.69. The van der Waals surface area contributed by atoms with Crippen LogP contribution in [0.2, 0.25) is 0 Å². The van der Waals surface area contributed by atoms with E-state index in [1.165, 1.54) is 5.56 Å². The minimum atomic E-state index is 0.243. The molecule has 4 aromatic rings. The lowest BCUT2D eigenvalue weighted by Gasteiger charge is -2.05. The molecule has 5 rings (SSSR count). The molecule has 0 fully saturated rings. The fraction of sp³-hybridized carbons (Fsp3) is 0.250. The van der Waals surface area contributed by atoms with Crippen LogP contribution in [0.5, 0.6) is 17.2 Å². The Kier molecular flexibility index (Phi) is 5.33. The maximum Gasteiger partial charge on any atom is 0.231 e. The zero-order valence-corrected chi connectivity index (χ0v) is 19.6. The van der Waals surface area contributed by atoms with Crippen LogP contribution in [-0.2, 0) is 0 Å². The lowest BCUT2D eigenvalue weighted by molar-refractivity contribution is 0.174. The van der Waals surface area contributed by atoms with Crippen LogP contribution in [0.1, 0.15) is 29.6 Å². The van der Waals surface area contributed by atoms with Gasteiger partial charge in [-0.1, -0.05) is 23.8 Å². The lowest BCUT2D eigenvalue weighted by Crippen LogP contribution is -2.00. The summed E-state index contributed by atoms with van der Waals surface area (Å²) in [6, 6.07) is 16.4. The van der Waals surface area contributed by atoms with Gasteiger partial charge in [-0.25, -0.2) is 4.99 Å². The maximum atomic E-state index is 6.12. The fourth-order valence-corrected chi connectivity index (χ4v) is 4.42. The van der Waals surface area contributed by atoms with Gasteiger partial charge < -0.3 is 18.6 Å². The molecule has 1 aromatic heterocycles. The monoisotopic (exact) mass is 441 g/mol. The Bertz CT molecular complexity index is 1450. The van der Waals surface area contributed by atoms with Crippen LogP contribution < -0.4 is 19.6 Å². The summed E-state index contributed by atoms with van der Waals surface area (Å²) in [4.78, 5) is 5.11. The molecule has 0 N–H and O–H groups in total. The van der Waals surface area contributed by atoms with Gasteiger partial charge in [0.1, 0.15) is 17.3 Å². The van der Waals surface area contributed by atoms with E-state index in [1.807, 2.05) is 39.0 Å². The zero-order valence-electron chi connectivity index (χ0n) is 19.6. The van der Waals surface area contributed by atoms with Crippen molar-refractivity contribution in [2.24, 2.45) is 4.99 Å². The number of furan rings is 1. The predicted molar refractivity (Wildman–Crippen MR) is 130 cm³/mol. The van der Waals surface area contributed by atoms with E-state index in [-0.39, 0.29) is 6.79 Å². The SMILES string of the molecule is CCOc1cc(-c2ccc3c(c2)OCO3)cc(=Nc2ccc(C)cc2C)c2c(C)oc(C)c12. The van der Waals surface area contributed by atoms with E-state index in [0.29, 0.717) is 6.61 Å². The van der Waals surface area contributed by atoms with Crippen LogP contribution in [0.4, 0.5) is 5.69 Å². The second kappa shape index (κ2) is 8.32. The second-order valence-corrected chi connectivity index (χ2v) is 8.36. The van der Waals surface area contributed by atoms with Gasteiger partial charge >= 0.3 is 0 Å². The van der Waals surface area contributed by atoms with Crippen molar-refractivity contribution in [3.8, 4) is 28.4 Å². The van der Waals surface area contributed by atoms with Crippen molar-refractivity contribution in [3.05, 3.63) is 76.5 Å². The third-order valence-corrected chi connectivity index (χ3v) is 5.94. The van der Waals surface area contributed by atoms with E-state index in [4.69, 9.17) is 23.6 Å². The van der Waals surface area contributed by atoms with E-state index >= 15 is 0 Å². The topological polar surface area (TPSA) is 53.2 Å². The van der Waals surface area contributed by atoms with Crippen LogP contribution in [0, 0.1) is 27.7 Å². The van der Waals surface area contributed by atoms with Gasteiger partial charge in [0.05, 0.1) is 28.4 Å². The first-order valence-electron chi connectivity index (χ1n) is 11.2. The molecule has 5 heteroatoms. The molecule has 2 heterocycles. The van der Waals surface area contributed by atoms with E-state index in [2.05, 4.69) is 44.2 Å². The molecule has 0 saturated carbocycles. The Labute approximate surface area is 193 Å². The first-order chi connectivity index (χ1) is 15.9. The molecule has 0 aliphatic carbocycles. The molecular weight excluding hydrogens is 414 g/mol. The highest BCUT2D eigenvalue weighted by Gasteiger charge is 2.18. The van der Waals surface area contributed by atoms with Gasteiger partial charge in [0, 0.05) is 0 Å². The molecule has 1 aliphatic heterocycles. The summed E-state index contributed by atoms with van der Waals surface area (Å²) in [5.74, 6) is 3.91. The van der Waals surface area contributed by atoms with Crippen LogP contribution in [0.3, 0.4) is 0 Å². The summed E-state index contributed by atoms with van der Waals surface area (Å²) in [5.41, 5.74) is 5.26. The van der Waals surface area contributed by atoms with Crippen molar-refractivity contribution in [3.63, 3.8) is 0 Å². The van der Waals surface area contributed by atoms with Crippen LogP contribution in [0.25, 0.3) is 21.9 Å². The standard InChI is InChI=1S/C28H27NO4/c1-6-30-26-14-21(20-8-10-24-25(13-20)32-15-31-24)12-23(27-18(4)33-19(5)28(26)27)29-22-9-7-16(2)11-17(22)3/h7-14H,6,15H2,1-5H3. The van der Waals surface area contributed by atoms with E-state index in [9.17, 15) is 0 Å². The highest BCUT2D eigenvalue weighted by molar-refractivity contribution is 5.93. The second-order valence-electron chi connectivity index (χ2n) is 8.36. The molecule has 0 radical (unpaired) electrons. The molecular formula is C28H27NO4. The molecule has 0 bridgehead atoms. The average molecular weight is 442 g/mol. The van der Waals surface area contributed by atoms with Crippen molar-refractivity contribution >= 4 is 16.5 Å². The number of hydrogen-bond acceptors (Lipinski definition) is 5. The van der Waals surface area contributed by atoms with Crippen molar-refractivity contribution in [2.75, 3.05) is 13.4 Å². The molecule has 0 saturated heterocycles. The third-order valence-electron chi connectivity index (χ3n) is 5.94. The average Bonchev–Trinajstić information content (AvgIpc) is 3.31. The number of fused-ring (bicyclic) bond motifs is 2. The Balaban J connectivity index is 1.87. The van der Waals surface area contributed by atoms with Crippen molar-refractivity contribution < 1.29 is 18.6 Å². The fourth-order valence-electron chi connectivity index (χ4n) is 4.42. The molecule has 5 nitrogen and oxygen atoms in total. The third kappa shape index (κ3) is 3.84. The highest BCUT2D eigenvalue weighted by Crippen LogP contribution is 2.38. The summed E-state index contributed by atoms with van der Waals surface area (Å²) < 4.78 is 23.3. The molecule has 33 heavy (non-hydrogen) atoms. The maximum absolute atomic E-state index is 6.12. The number of aryl methyl sites for hydroxylation is 4. The van der Waals surface area contributed by atoms with Crippen molar-refractivity contribution in [2.45, 2.75) is 34.6 Å². The summed E-state index contributed by atoms with van der Waals surface area (Å²) in [7, 11) is 0. The van der Waals surface area contributed by atoms with Crippen molar-refractivity contribution in [1.29, 1.82) is 0 Å². The molecule has 0 amide bonds. The zero-order chi connectivity index (χ0) is 23.1. The van der Waals surface area contributed by atoms with Gasteiger partial charge in [0.15, 0.2) is 11.5 Å². The largest absolute Gasteiger partial charge is 0.493 e. The summed E-state index contributed by atoms with van der Waals surface area (Å²) in [6.45, 7) is 10.9. The number of hydrogen-bond donors (Lipinski definition) is 0. The minimum Gasteiger partial charge on any atom is -0.493 e. The Morgan fingerprint density at radius 3 is 2.39 bits per heavy atom. The number of rotatable bonds is 4. The molecule has 0 spiro atoms. The van der Waals surface area contributed by atoms with Crippen molar-refractivity contribution in [1.82, 2.24) is 0 Å². The summed E-state index contributed by atoms with van der Waals surface area (Å²) in [6.07, 6.45) is 0.